The average molecular weight is 815 g/mol. The summed E-state index contributed by atoms with van der Waals surface area (Å²) in [5.74, 6) is 5.97. The van der Waals surface area contributed by atoms with Gasteiger partial charge in [-0.05, 0) is 193 Å². The lowest BCUT2D eigenvalue weighted by Crippen LogP contribution is -2.65. The van der Waals surface area contributed by atoms with Crippen molar-refractivity contribution < 1.29 is 0 Å². The van der Waals surface area contributed by atoms with Crippen molar-refractivity contribution >= 4 is 81.4 Å². The normalized spacial score (nSPS) is 29.9. The molecule has 304 valence electrons. The standard InChI is InChI=1S/C59H46N2O2/c1-26-13-28(3)51-39(15-26)40-16-27(2)14-29(4)52(40)60(51)34-23-41-53-42(24-34)57(63)48-36-12-8-6-10-32(36)20-46-55(48)61(53)54-45(19-31-9-5-7-11-35(31)47(54)56(41)62)59(46)33-21-38-37-17-30-18-44-50(59)49(38)58(44,25-30)43(37)22-33/h5-16,19-20,23-24,30,33,37-38,43-44,49-50H,17-18,21-22,25H2,1-4H3. The van der Waals surface area contributed by atoms with Gasteiger partial charge in [0.25, 0.3) is 0 Å². The molecular weight excluding hydrogens is 769 g/mol. The fraction of sp³-hybridized carbons (Fsp3) is 0.322. The summed E-state index contributed by atoms with van der Waals surface area (Å²) in [5.41, 5.74) is 14.1. The SMILES string of the molecule is Cc1cc(C)c2c(c1)c1cc(C)cc(C)c1n2-c1cc2c(=O)c3c4ccccc4cc4c3n3c5c(cc6ccccc6c5c(=O)c(c1)c23)C41C2CC3C4CC5CC6C1C3C6(C5)C4C2. The van der Waals surface area contributed by atoms with Gasteiger partial charge >= 0.3 is 0 Å². The molecule has 2 spiro atoms. The van der Waals surface area contributed by atoms with E-state index < -0.39 is 0 Å². The highest BCUT2D eigenvalue weighted by Gasteiger charge is 2.86. The molecule has 1 aliphatic heterocycles. The van der Waals surface area contributed by atoms with Gasteiger partial charge in [0, 0.05) is 32.6 Å². The van der Waals surface area contributed by atoms with Crippen LogP contribution in [0.15, 0.2) is 107 Å². The van der Waals surface area contributed by atoms with Gasteiger partial charge in [0.15, 0.2) is 10.9 Å². The number of benzene rings is 7. The molecule has 4 nitrogen and oxygen atoms in total. The Bertz CT molecular complexity index is 3860. The topological polar surface area (TPSA) is 43.5 Å². The number of pyridine rings is 2. The fourth-order valence-electron chi connectivity index (χ4n) is 18.9. The highest BCUT2D eigenvalue weighted by Crippen LogP contribution is 2.90. The van der Waals surface area contributed by atoms with Gasteiger partial charge < -0.3 is 8.97 Å². The molecular formula is C59H46N2O2. The molecule has 6 fully saturated rings. The van der Waals surface area contributed by atoms with Crippen LogP contribution in [0.5, 0.6) is 0 Å². The predicted molar refractivity (Wildman–Crippen MR) is 256 cm³/mol. The van der Waals surface area contributed by atoms with Crippen molar-refractivity contribution in [2.24, 2.45) is 52.8 Å². The molecule has 6 bridgehead atoms. The van der Waals surface area contributed by atoms with Crippen molar-refractivity contribution in [3.8, 4) is 5.69 Å². The second-order valence-corrected chi connectivity index (χ2v) is 22.2. The molecule has 0 saturated heterocycles. The van der Waals surface area contributed by atoms with Gasteiger partial charge in [-0.15, -0.1) is 0 Å². The first-order chi connectivity index (χ1) is 30.7. The van der Waals surface area contributed by atoms with Crippen LogP contribution in [0.1, 0.15) is 65.5 Å². The zero-order chi connectivity index (χ0) is 41.5. The van der Waals surface area contributed by atoms with Crippen LogP contribution in [-0.2, 0) is 5.41 Å². The Hall–Kier alpha value is -6.00. The largest absolute Gasteiger partial charge is 0.309 e. The highest BCUT2D eigenvalue weighted by atomic mass is 16.1. The summed E-state index contributed by atoms with van der Waals surface area (Å²) in [6.07, 6.45) is 6.88. The summed E-state index contributed by atoms with van der Waals surface area (Å²) < 4.78 is 4.86. The zero-order valence-corrected chi connectivity index (χ0v) is 36.1. The summed E-state index contributed by atoms with van der Waals surface area (Å²) in [6.45, 7) is 8.75. The quantitative estimate of drug-likeness (QED) is 0.122. The number of fused-ring (bicyclic) bond motifs is 14. The molecule has 7 aliphatic rings. The minimum absolute atomic E-state index is 0.0561. The number of aryl methyl sites for hydroxylation is 4. The number of nitrogens with zero attached hydrogens (tertiary/aromatic N) is 2. The molecule has 6 aliphatic carbocycles. The maximum Gasteiger partial charge on any atom is 0.197 e. The minimum Gasteiger partial charge on any atom is -0.309 e. The third-order valence-corrected chi connectivity index (χ3v) is 20.0. The molecule has 4 heterocycles. The molecule has 4 heteroatoms. The number of rotatable bonds is 1. The summed E-state index contributed by atoms with van der Waals surface area (Å²) in [5, 5.41) is 9.74. The maximum atomic E-state index is 16.2. The second kappa shape index (κ2) is 10.2. The van der Waals surface area contributed by atoms with E-state index in [-0.39, 0.29) is 16.3 Å². The molecule has 0 N–H and O–H groups in total. The van der Waals surface area contributed by atoms with E-state index in [1.54, 1.807) is 0 Å². The van der Waals surface area contributed by atoms with Gasteiger partial charge in [-0.2, -0.15) is 0 Å². The summed E-state index contributed by atoms with van der Waals surface area (Å²) >= 11 is 0. The van der Waals surface area contributed by atoms with Crippen molar-refractivity contribution in [2.45, 2.75) is 65.2 Å². The molecule has 9 unspecified atom stereocenters. The van der Waals surface area contributed by atoms with E-state index in [1.807, 2.05) is 0 Å². The van der Waals surface area contributed by atoms with E-state index in [4.69, 9.17) is 0 Å². The molecule has 7 aromatic carbocycles. The molecule has 10 aromatic rings. The molecule has 3 aromatic heterocycles. The van der Waals surface area contributed by atoms with E-state index in [9.17, 15) is 0 Å². The summed E-state index contributed by atoms with van der Waals surface area (Å²) in [7, 11) is 0. The van der Waals surface area contributed by atoms with Crippen LogP contribution in [0.2, 0.25) is 0 Å². The van der Waals surface area contributed by atoms with Crippen LogP contribution in [0.3, 0.4) is 0 Å². The van der Waals surface area contributed by atoms with Crippen LogP contribution in [-0.4, -0.2) is 8.97 Å². The van der Waals surface area contributed by atoms with Crippen molar-refractivity contribution in [1.29, 1.82) is 0 Å². The lowest BCUT2D eigenvalue weighted by Gasteiger charge is -2.67. The second-order valence-electron chi connectivity index (χ2n) is 22.2. The lowest BCUT2D eigenvalue weighted by atomic mass is 9.36. The molecule has 9 atom stereocenters. The Morgan fingerprint density at radius 2 is 1.11 bits per heavy atom. The van der Waals surface area contributed by atoms with Crippen molar-refractivity contribution in [3.05, 3.63) is 151 Å². The predicted octanol–water partition coefficient (Wildman–Crippen LogP) is 12.7. The fourth-order valence-corrected chi connectivity index (χ4v) is 18.9. The lowest BCUT2D eigenvalue weighted by molar-refractivity contribution is -0.152. The minimum atomic E-state index is -0.246. The Balaban J connectivity index is 1.11. The number of hydrogen-bond donors (Lipinski definition) is 0. The summed E-state index contributed by atoms with van der Waals surface area (Å²) in [6, 6.07) is 36.0. The molecule has 63 heavy (non-hydrogen) atoms. The molecule has 6 saturated carbocycles. The first kappa shape index (κ1) is 33.5. The molecule has 17 rings (SSSR count). The van der Waals surface area contributed by atoms with Gasteiger partial charge in [0.1, 0.15) is 0 Å². The van der Waals surface area contributed by atoms with E-state index in [2.05, 4.69) is 134 Å². The van der Waals surface area contributed by atoms with Crippen LogP contribution < -0.4 is 10.9 Å². The van der Waals surface area contributed by atoms with Gasteiger partial charge in [-0.3, -0.25) is 9.59 Å². The van der Waals surface area contributed by atoms with E-state index in [0.717, 1.165) is 90.3 Å². The number of aromatic nitrogens is 2. The molecule has 0 radical (unpaired) electrons. The van der Waals surface area contributed by atoms with E-state index >= 15 is 9.59 Å². The number of hydrogen-bond acceptors (Lipinski definition) is 2. The van der Waals surface area contributed by atoms with E-state index in [0.29, 0.717) is 28.0 Å². The van der Waals surface area contributed by atoms with Crippen LogP contribution in [0.4, 0.5) is 0 Å². The average Bonchev–Trinajstić information content (AvgIpc) is 3.66. The van der Waals surface area contributed by atoms with Crippen LogP contribution >= 0.6 is 0 Å². The maximum absolute atomic E-state index is 16.2. The van der Waals surface area contributed by atoms with E-state index in [1.165, 1.54) is 87.0 Å². The van der Waals surface area contributed by atoms with Crippen LogP contribution in [0, 0.1) is 80.5 Å². The first-order valence-corrected chi connectivity index (χ1v) is 23.9. The Kier molecular flexibility index (Phi) is 5.42. The van der Waals surface area contributed by atoms with Crippen molar-refractivity contribution in [1.82, 2.24) is 8.97 Å². The Morgan fingerprint density at radius 1 is 0.524 bits per heavy atom. The monoisotopic (exact) mass is 814 g/mol. The smallest absolute Gasteiger partial charge is 0.197 e. The third-order valence-electron chi connectivity index (χ3n) is 20.0. The first-order valence-electron chi connectivity index (χ1n) is 23.9. The van der Waals surface area contributed by atoms with Crippen molar-refractivity contribution in [2.75, 3.05) is 0 Å². The highest BCUT2D eigenvalue weighted by molar-refractivity contribution is 6.21. The van der Waals surface area contributed by atoms with Crippen LogP contribution in [0.25, 0.3) is 87.1 Å². The Morgan fingerprint density at radius 3 is 1.71 bits per heavy atom. The van der Waals surface area contributed by atoms with Gasteiger partial charge in [-0.1, -0.05) is 71.8 Å². The zero-order valence-electron chi connectivity index (χ0n) is 36.1. The van der Waals surface area contributed by atoms with Gasteiger partial charge in [0.05, 0.1) is 38.4 Å². The third kappa shape index (κ3) is 3.28. The Labute approximate surface area is 363 Å². The van der Waals surface area contributed by atoms with Gasteiger partial charge in [0.2, 0.25) is 0 Å². The molecule has 0 amide bonds. The summed E-state index contributed by atoms with van der Waals surface area (Å²) in [4.78, 5) is 32.3. The van der Waals surface area contributed by atoms with Gasteiger partial charge in [-0.25, -0.2) is 0 Å². The van der Waals surface area contributed by atoms with Crippen molar-refractivity contribution in [3.63, 3.8) is 0 Å².